The van der Waals surface area contributed by atoms with Crippen molar-refractivity contribution in [3.63, 3.8) is 0 Å². The van der Waals surface area contributed by atoms with E-state index >= 15 is 0 Å². The van der Waals surface area contributed by atoms with Crippen LogP contribution in [0.25, 0.3) is 11.3 Å². The first-order valence-corrected chi connectivity index (χ1v) is 9.07. The van der Waals surface area contributed by atoms with Gasteiger partial charge >= 0.3 is 0 Å². The predicted molar refractivity (Wildman–Crippen MR) is 93.8 cm³/mol. The molecule has 4 aliphatic carbocycles. The van der Waals surface area contributed by atoms with Crippen LogP contribution in [-0.4, -0.2) is 21.7 Å². The van der Waals surface area contributed by atoms with E-state index in [0.29, 0.717) is 0 Å². The number of aromatic nitrogens is 2. The fourth-order valence-electron chi connectivity index (χ4n) is 5.86. The lowest BCUT2D eigenvalue weighted by molar-refractivity contribution is 0.00195. The van der Waals surface area contributed by atoms with Gasteiger partial charge in [-0.3, -0.25) is 4.99 Å². The normalized spacial score (nSPS) is 35.4. The molecule has 6 rings (SSSR count). The van der Waals surface area contributed by atoms with Crippen LogP contribution in [0.3, 0.4) is 0 Å². The summed E-state index contributed by atoms with van der Waals surface area (Å²) in [5, 5.41) is 0. The van der Waals surface area contributed by atoms with Gasteiger partial charge in [0.1, 0.15) is 0 Å². The average molecular weight is 307 g/mol. The van der Waals surface area contributed by atoms with Crippen LogP contribution in [-0.2, 0) is 0 Å². The van der Waals surface area contributed by atoms with Crippen molar-refractivity contribution in [1.82, 2.24) is 9.97 Å². The van der Waals surface area contributed by atoms with Crippen molar-refractivity contribution in [2.45, 2.75) is 51.0 Å². The van der Waals surface area contributed by atoms with E-state index < -0.39 is 0 Å². The number of nitrogens with one attached hydrogen (secondary N) is 2. The van der Waals surface area contributed by atoms with Gasteiger partial charge in [0.2, 0.25) is 0 Å². The van der Waals surface area contributed by atoms with Crippen LogP contribution in [0.4, 0.5) is 0 Å². The molecule has 23 heavy (non-hydrogen) atoms. The monoisotopic (exact) mass is 307 g/mol. The Labute approximate surface area is 137 Å². The Morgan fingerprint density at radius 3 is 2.39 bits per heavy atom. The molecule has 4 saturated carbocycles. The second-order valence-electron chi connectivity index (χ2n) is 8.26. The molecule has 4 bridgehead atoms. The Morgan fingerprint density at radius 1 is 1.09 bits per heavy atom. The van der Waals surface area contributed by atoms with Gasteiger partial charge in [0.25, 0.3) is 0 Å². The summed E-state index contributed by atoms with van der Waals surface area (Å²) in [5.41, 5.74) is 5.20. The SMILES string of the molecule is Cc1c[nH]cc1-c1[nH]ccc1C=NC12CC3CC(CC(C3)C1)C2. The number of aliphatic imine (C=N–C) groups is 1. The topological polar surface area (TPSA) is 43.9 Å². The van der Waals surface area contributed by atoms with E-state index in [2.05, 4.69) is 41.6 Å². The van der Waals surface area contributed by atoms with Gasteiger partial charge in [-0.2, -0.15) is 0 Å². The third kappa shape index (κ3) is 2.20. The fourth-order valence-corrected chi connectivity index (χ4v) is 5.86. The highest BCUT2D eigenvalue weighted by Crippen LogP contribution is 2.57. The van der Waals surface area contributed by atoms with Gasteiger partial charge in [0, 0.05) is 35.9 Å². The molecule has 0 atom stereocenters. The first-order valence-electron chi connectivity index (χ1n) is 9.07. The third-order valence-electron chi connectivity index (χ3n) is 6.48. The minimum Gasteiger partial charge on any atom is -0.367 e. The molecule has 3 heteroatoms. The van der Waals surface area contributed by atoms with E-state index in [-0.39, 0.29) is 5.54 Å². The molecule has 2 N–H and O–H groups in total. The zero-order chi connectivity index (χ0) is 15.4. The summed E-state index contributed by atoms with van der Waals surface area (Å²) in [4.78, 5) is 11.8. The molecule has 3 nitrogen and oxygen atoms in total. The summed E-state index contributed by atoms with van der Waals surface area (Å²) in [7, 11) is 0. The quantitative estimate of drug-likeness (QED) is 0.772. The molecule has 0 saturated heterocycles. The van der Waals surface area contributed by atoms with Gasteiger partial charge < -0.3 is 9.97 Å². The second kappa shape index (κ2) is 4.86. The van der Waals surface area contributed by atoms with Crippen LogP contribution < -0.4 is 0 Å². The summed E-state index contributed by atoms with van der Waals surface area (Å²) in [6.07, 6.45) is 16.7. The molecular weight excluding hydrogens is 282 g/mol. The van der Waals surface area contributed by atoms with Crippen LogP contribution in [0.15, 0.2) is 29.6 Å². The number of nitrogens with zero attached hydrogens (tertiary/aromatic N) is 1. The largest absolute Gasteiger partial charge is 0.367 e. The summed E-state index contributed by atoms with van der Waals surface area (Å²) in [6, 6.07) is 2.16. The molecule has 4 aliphatic rings. The van der Waals surface area contributed by atoms with E-state index in [9.17, 15) is 0 Å². The Kier molecular flexibility index (Phi) is 2.88. The van der Waals surface area contributed by atoms with Crippen molar-refractivity contribution in [2.75, 3.05) is 0 Å². The van der Waals surface area contributed by atoms with Crippen molar-refractivity contribution in [3.05, 3.63) is 35.8 Å². The predicted octanol–water partition coefficient (Wildman–Crippen LogP) is 4.71. The Bertz CT molecular complexity index is 713. The van der Waals surface area contributed by atoms with Crippen molar-refractivity contribution in [1.29, 1.82) is 0 Å². The molecule has 0 unspecified atom stereocenters. The molecule has 2 heterocycles. The third-order valence-corrected chi connectivity index (χ3v) is 6.48. The number of hydrogen-bond donors (Lipinski definition) is 2. The van der Waals surface area contributed by atoms with E-state index in [1.807, 2.05) is 6.20 Å². The number of hydrogen-bond acceptors (Lipinski definition) is 1. The lowest BCUT2D eigenvalue weighted by Gasteiger charge is -2.54. The minimum atomic E-state index is 0.260. The van der Waals surface area contributed by atoms with Gasteiger partial charge in [-0.25, -0.2) is 0 Å². The van der Waals surface area contributed by atoms with Gasteiger partial charge in [-0.05, 0) is 74.8 Å². The van der Waals surface area contributed by atoms with Crippen molar-refractivity contribution in [2.24, 2.45) is 22.7 Å². The molecule has 0 spiro atoms. The highest BCUT2D eigenvalue weighted by molar-refractivity contribution is 5.89. The second-order valence-corrected chi connectivity index (χ2v) is 8.26. The molecule has 4 fully saturated rings. The lowest BCUT2D eigenvalue weighted by Crippen LogP contribution is -2.49. The first kappa shape index (κ1) is 13.6. The summed E-state index contributed by atoms with van der Waals surface area (Å²) < 4.78 is 0. The maximum absolute atomic E-state index is 5.20. The number of rotatable bonds is 3. The van der Waals surface area contributed by atoms with E-state index in [0.717, 1.165) is 17.8 Å². The van der Waals surface area contributed by atoms with Crippen LogP contribution >= 0.6 is 0 Å². The van der Waals surface area contributed by atoms with Crippen molar-refractivity contribution >= 4 is 6.21 Å². The highest BCUT2D eigenvalue weighted by Gasteiger charge is 2.50. The molecule has 0 aromatic carbocycles. The van der Waals surface area contributed by atoms with Gasteiger partial charge in [0.05, 0.1) is 11.2 Å². The van der Waals surface area contributed by atoms with Crippen LogP contribution in [0, 0.1) is 24.7 Å². The highest BCUT2D eigenvalue weighted by atomic mass is 14.9. The van der Waals surface area contributed by atoms with Crippen molar-refractivity contribution in [3.8, 4) is 11.3 Å². The van der Waals surface area contributed by atoms with E-state index in [1.54, 1.807) is 0 Å². The smallest absolute Gasteiger partial charge is 0.0616 e. The molecule has 120 valence electrons. The number of aryl methyl sites for hydroxylation is 1. The zero-order valence-electron chi connectivity index (χ0n) is 13.8. The van der Waals surface area contributed by atoms with Crippen LogP contribution in [0.1, 0.15) is 49.7 Å². The van der Waals surface area contributed by atoms with Gasteiger partial charge in [0.15, 0.2) is 0 Å². The fraction of sp³-hybridized carbons (Fsp3) is 0.550. The number of H-pyrrole nitrogens is 2. The van der Waals surface area contributed by atoms with Crippen LogP contribution in [0.5, 0.6) is 0 Å². The minimum absolute atomic E-state index is 0.260. The standard InChI is InChI=1S/C20H25N3/c1-13-10-21-12-18(13)19-17(2-3-22-19)11-23-20-7-14-4-15(8-20)6-16(5-14)9-20/h2-3,10-12,14-16,21-22H,4-9H2,1H3. The molecule has 2 aromatic rings. The summed E-state index contributed by atoms with van der Waals surface area (Å²) >= 11 is 0. The van der Waals surface area contributed by atoms with Crippen LogP contribution in [0.2, 0.25) is 0 Å². The zero-order valence-corrected chi connectivity index (χ0v) is 13.8. The number of aromatic amines is 2. The Balaban J connectivity index is 1.46. The lowest BCUT2D eigenvalue weighted by atomic mass is 9.53. The Morgan fingerprint density at radius 2 is 1.78 bits per heavy atom. The Hall–Kier alpha value is -1.77. The summed E-state index contributed by atoms with van der Waals surface area (Å²) in [6.45, 7) is 2.15. The average Bonchev–Trinajstić information content (AvgIpc) is 3.12. The molecule has 0 aliphatic heterocycles. The first-order chi connectivity index (χ1) is 11.2. The molecule has 0 amide bonds. The van der Waals surface area contributed by atoms with E-state index in [4.69, 9.17) is 4.99 Å². The van der Waals surface area contributed by atoms with Gasteiger partial charge in [-0.1, -0.05) is 0 Å². The van der Waals surface area contributed by atoms with Gasteiger partial charge in [-0.15, -0.1) is 0 Å². The van der Waals surface area contributed by atoms with Crippen molar-refractivity contribution < 1.29 is 0 Å². The molecule has 2 aromatic heterocycles. The maximum Gasteiger partial charge on any atom is 0.0616 e. The van der Waals surface area contributed by atoms with E-state index in [1.165, 1.54) is 60.9 Å². The summed E-state index contributed by atoms with van der Waals surface area (Å²) in [5.74, 6) is 2.86. The molecule has 0 radical (unpaired) electrons. The molecular formula is C20H25N3. The maximum atomic E-state index is 5.20.